The molecule has 1 N–H and O–H groups in total. The van der Waals surface area contributed by atoms with Gasteiger partial charge >= 0.3 is 6.16 Å². The zero-order chi connectivity index (χ0) is 10.5. The summed E-state index contributed by atoms with van der Waals surface area (Å²) in [5.41, 5.74) is -0.519. The van der Waals surface area contributed by atoms with Crippen molar-refractivity contribution in [2.75, 3.05) is 0 Å². The molecule has 0 radical (unpaired) electrons. The molecule has 0 aromatic rings. The van der Waals surface area contributed by atoms with E-state index in [1.807, 2.05) is 20.8 Å². The summed E-state index contributed by atoms with van der Waals surface area (Å²) in [6.45, 7) is 5.61. The topological polar surface area (TPSA) is 65.0 Å². The maximum atomic E-state index is 10.9. The highest BCUT2D eigenvalue weighted by Gasteiger charge is 2.54. The van der Waals surface area contributed by atoms with Gasteiger partial charge in [0, 0.05) is 5.92 Å². The van der Waals surface area contributed by atoms with Crippen LogP contribution in [0, 0.1) is 5.92 Å². The summed E-state index contributed by atoms with van der Waals surface area (Å²) in [4.78, 5) is 10.9. The number of hydrogen-bond acceptors (Lipinski definition) is 5. The maximum absolute atomic E-state index is 10.9. The van der Waals surface area contributed by atoms with Crippen molar-refractivity contribution in [3.05, 3.63) is 0 Å². The summed E-state index contributed by atoms with van der Waals surface area (Å²) < 4.78 is 15.1. The van der Waals surface area contributed by atoms with Crippen LogP contribution in [0.1, 0.15) is 20.8 Å². The Balaban J connectivity index is 2.24. The largest absolute Gasteiger partial charge is 0.509 e. The minimum atomic E-state index is -1.10. The Kier molecular flexibility index (Phi) is 1.97. The van der Waals surface area contributed by atoms with Crippen molar-refractivity contribution in [1.82, 2.24) is 0 Å². The summed E-state index contributed by atoms with van der Waals surface area (Å²) in [7, 11) is 0. The SMILES string of the molecule is C[C@@H]1[C@H]2OC(=O)OC2C(O)OC1(C)C. The standard InChI is InChI=1S/C9H14O5/c1-4-5-6(13-8(11)12-5)7(10)14-9(4,2)3/h4-7,10H,1-3H3/t4-,5-,6?,7?/m1/s1. The van der Waals surface area contributed by atoms with Crippen molar-refractivity contribution in [3.8, 4) is 0 Å². The van der Waals surface area contributed by atoms with Crippen LogP contribution in [0.2, 0.25) is 0 Å². The van der Waals surface area contributed by atoms with Crippen LogP contribution in [-0.2, 0) is 14.2 Å². The summed E-state index contributed by atoms with van der Waals surface area (Å²) >= 11 is 0. The fourth-order valence-corrected chi connectivity index (χ4v) is 1.87. The van der Waals surface area contributed by atoms with Crippen LogP contribution in [0.5, 0.6) is 0 Å². The van der Waals surface area contributed by atoms with E-state index < -0.39 is 30.3 Å². The molecule has 2 heterocycles. The molecule has 2 rings (SSSR count). The molecular weight excluding hydrogens is 188 g/mol. The number of aliphatic hydroxyl groups excluding tert-OH is 1. The highest BCUT2D eigenvalue weighted by Crippen LogP contribution is 2.39. The molecule has 0 saturated carbocycles. The van der Waals surface area contributed by atoms with Crippen molar-refractivity contribution in [3.63, 3.8) is 0 Å². The van der Waals surface area contributed by atoms with Crippen LogP contribution in [0.4, 0.5) is 4.79 Å². The molecule has 2 saturated heterocycles. The lowest BCUT2D eigenvalue weighted by Crippen LogP contribution is -2.56. The summed E-state index contributed by atoms with van der Waals surface area (Å²) in [5, 5.41) is 9.57. The number of carbonyl (C=O) groups is 1. The molecule has 14 heavy (non-hydrogen) atoms. The second-order valence-electron chi connectivity index (χ2n) is 4.32. The Morgan fingerprint density at radius 3 is 2.50 bits per heavy atom. The third-order valence-electron chi connectivity index (χ3n) is 3.08. The highest BCUT2D eigenvalue weighted by molar-refractivity contribution is 5.62. The Morgan fingerprint density at radius 1 is 1.29 bits per heavy atom. The maximum Gasteiger partial charge on any atom is 0.509 e. The molecule has 0 aliphatic carbocycles. The monoisotopic (exact) mass is 202 g/mol. The molecule has 2 fully saturated rings. The average Bonchev–Trinajstić information content (AvgIpc) is 2.43. The van der Waals surface area contributed by atoms with Crippen molar-refractivity contribution < 1.29 is 24.1 Å². The first-order valence-corrected chi connectivity index (χ1v) is 4.65. The molecule has 0 aromatic carbocycles. The number of ether oxygens (including phenoxy) is 3. The molecule has 2 aliphatic rings. The number of aliphatic hydroxyl groups is 1. The van der Waals surface area contributed by atoms with E-state index in [2.05, 4.69) is 0 Å². The Morgan fingerprint density at radius 2 is 1.86 bits per heavy atom. The molecule has 5 nitrogen and oxygen atoms in total. The lowest BCUT2D eigenvalue weighted by atomic mass is 9.82. The summed E-state index contributed by atoms with van der Waals surface area (Å²) in [5.74, 6) is -0.0117. The molecule has 80 valence electrons. The van der Waals surface area contributed by atoms with Gasteiger partial charge in [0.25, 0.3) is 0 Å². The molecular formula is C9H14O5. The van der Waals surface area contributed by atoms with E-state index in [1.54, 1.807) is 0 Å². The van der Waals surface area contributed by atoms with Gasteiger partial charge in [-0.15, -0.1) is 0 Å². The minimum absolute atomic E-state index is 0.0117. The van der Waals surface area contributed by atoms with E-state index in [0.29, 0.717) is 0 Å². The van der Waals surface area contributed by atoms with Crippen molar-refractivity contribution in [2.24, 2.45) is 5.92 Å². The zero-order valence-electron chi connectivity index (χ0n) is 8.39. The van der Waals surface area contributed by atoms with E-state index in [4.69, 9.17) is 14.2 Å². The van der Waals surface area contributed by atoms with Crippen LogP contribution < -0.4 is 0 Å². The minimum Gasteiger partial charge on any atom is -0.426 e. The first kappa shape index (κ1) is 9.73. The van der Waals surface area contributed by atoms with Crippen LogP contribution in [0.15, 0.2) is 0 Å². The average molecular weight is 202 g/mol. The third kappa shape index (κ3) is 1.27. The molecule has 5 heteroatoms. The van der Waals surface area contributed by atoms with E-state index in [-0.39, 0.29) is 5.92 Å². The van der Waals surface area contributed by atoms with Gasteiger partial charge in [0.05, 0.1) is 5.60 Å². The number of fused-ring (bicyclic) bond motifs is 1. The quantitative estimate of drug-likeness (QED) is 0.584. The fourth-order valence-electron chi connectivity index (χ4n) is 1.87. The normalized spacial score (nSPS) is 45.3. The van der Waals surface area contributed by atoms with Crippen LogP contribution >= 0.6 is 0 Å². The second kappa shape index (κ2) is 2.84. The Bertz CT molecular complexity index is 262. The lowest BCUT2D eigenvalue weighted by molar-refractivity contribution is -0.270. The van der Waals surface area contributed by atoms with E-state index >= 15 is 0 Å². The van der Waals surface area contributed by atoms with Crippen molar-refractivity contribution >= 4 is 6.16 Å². The van der Waals surface area contributed by atoms with Gasteiger partial charge in [-0.3, -0.25) is 0 Å². The van der Waals surface area contributed by atoms with Gasteiger partial charge in [-0.25, -0.2) is 4.79 Å². The first-order valence-electron chi connectivity index (χ1n) is 4.65. The van der Waals surface area contributed by atoms with E-state index in [1.165, 1.54) is 0 Å². The second-order valence-corrected chi connectivity index (χ2v) is 4.32. The van der Waals surface area contributed by atoms with Gasteiger partial charge < -0.3 is 19.3 Å². The van der Waals surface area contributed by atoms with Crippen molar-refractivity contribution in [1.29, 1.82) is 0 Å². The zero-order valence-corrected chi connectivity index (χ0v) is 8.39. The Hall–Kier alpha value is -0.810. The Labute approximate surface area is 81.9 Å². The van der Waals surface area contributed by atoms with Crippen LogP contribution in [0.25, 0.3) is 0 Å². The first-order chi connectivity index (χ1) is 6.42. The fraction of sp³-hybridized carbons (Fsp3) is 0.889. The van der Waals surface area contributed by atoms with Crippen LogP contribution in [0.3, 0.4) is 0 Å². The van der Waals surface area contributed by atoms with Crippen LogP contribution in [-0.4, -0.2) is 35.4 Å². The molecule has 2 unspecified atom stereocenters. The number of rotatable bonds is 0. The van der Waals surface area contributed by atoms with Gasteiger partial charge in [-0.1, -0.05) is 6.92 Å². The van der Waals surface area contributed by atoms with Gasteiger partial charge in [0.15, 0.2) is 18.5 Å². The molecule has 0 aromatic heterocycles. The molecule has 0 bridgehead atoms. The molecule has 0 spiro atoms. The van der Waals surface area contributed by atoms with Gasteiger partial charge in [-0.2, -0.15) is 0 Å². The summed E-state index contributed by atoms with van der Waals surface area (Å²) in [6, 6.07) is 0. The number of carbonyl (C=O) groups excluding carboxylic acids is 1. The van der Waals surface area contributed by atoms with Gasteiger partial charge in [-0.05, 0) is 13.8 Å². The smallest absolute Gasteiger partial charge is 0.426 e. The highest BCUT2D eigenvalue weighted by atomic mass is 16.8. The predicted octanol–water partition coefficient (Wildman–Crippen LogP) is 0.654. The van der Waals surface area contributed by atoms with Gasteiger partial charge in [0.2, 0.25) is 0 Å². The predicted molar refractivity (Wildman–Crippen MR) is 45.5 cm³/mol. The van der Waals surface area contributed by atoms with Gasteiger partial charge in [0.1, 0.15) is 0 Å². The lowest BCUT2D eigenvalue weighted by Gasteiger charge is -2.43. The molecule has 2 aliphatic heterocycles. The third-order valence-corrected chi connectivity index (χ3v) is 3.08. The molecule has 4 atom stereocenters. The summed E-state index contributed by atoms with van der Waals surface area (Å²) in [6.07, 6.45) is -2.93. The van der Waals surface area contributed by atoms with Crippen molar-refractivity contribution in [2.45, 2.75) is 44.9 Å². The van der Waals surface area contributed by atoms with E-state index in [0.717, 1.165) is 0 Å². The van der Waals surface area contributed by atoms with E-state index in [9.17, 15) is 9.90 Å². The number of hydrogen-bond donors (Lipinski definition) is 1. The molecule has 0 amide bonds.